The number of hydrogen-bond donors (Lipinski definition) is 2. The van der Waals surface area contributed by atoms with Gasteiger partial charge in [-0.25, -0.2) is 4.98 Å². The lowest BCUT2D eigenvalue weighted by molar-refractivity contribution is 0.326. The number of nitrogens with two attached hydrogens (primary N) is 2. The number of rotatable bonds is 3. The Labute approximate surface area is 111 Å². The van der Waals surface area contributed by atoms with Crippen molar-refractivity contribution in [1.82, 2.24) is 4.98 Å². The predicted octanol–water partition coefficient (Wildman–Crippen LogP) is 2.18. The number of ether oxygens (including phenoxy) is 1. The average molecular weight is 254 g/mol. The van der Waals surface area contributed by atoms with E-state index in [1.165, 1.54) is 0 Å². The van der Waals surface area contributed by atoms with Gasteiger partial charge in [-0.15, -0.1) is 0 Å². The molecule has 19 heavy (non-hydrogen) atoms. The van der Waals surface area contributed by atoms with Crippen molar-refractivity contribution in [3.05, 3.63) is 35.9 Å². The van der Waals surface area contributed by atoms with Crippen LogP contribution in [0.4, 0.5) is 11.4 Å². The number of anilines is 2. The minimum absolute atomic E-state index is 0.261. The average Bonchev–Trinajstić information content (AvgIpc) is 2.39. The summed E-state index contributed by atoms with van der Waals surface area (Å²) in [6.07, 6.45) is 0. The topological polar surface area (TPSA) is 97.9 Å². The molecule has 0 spiro atoms. The molecule has 4 N–H and O–H groups in total. The molecule has 2 rings (SSSR count). The fraction of sp³-hybridized carbons (Fsp3) is 0.143. The first-order valence-corrected chi connectivity index (χ1v) is 5.85. The highest BCUT2D eigenvalue weighted by molar-refractivity contribution is 5.70. The van der Waals surface area contributed by atoms with E-state index in [1.807, 2.05) is 25.1 Å². The zero-order valence-corrected chi connectivity index (χ0v) is 10.6. The number of nitrogen functional groups attached to an aromatic ring is 2. The highest BCUT2D eigenvalue weighted by Gasteiger charge is 2.12. The number of nitrogens with zero attached hydrogens (tertiary/aromatic N) is 2. The summed E-state index contributed by atoms with van der Waals surface area (Å²) in [6.45, 7) is 2.25. The van der Waals surface area contributed by atoms with Gasteiger partial charge in [-0.1, -0.05) is 12.1 Å². The first kappa shape index (κ1) is 12.7. The molecule has 0 saturated heterocycles. The molecule has 0 amide bonds. The van der Waals surface area contributed by atoms with Gasteiger partial charge in [0.1, 0.15) is 11.6 Å². The Kier molecular flexibility index (Phi) is 3.53. The lowest BCUT2D eigenvalue weighted by Gasteiger charge is -2.09. The molecule has 0 aliphatic heterocycles. The Morgan fingerprint density at radius 1 is 1.26 bits per heavy atom. The number of aromatic nitrogens is 1. The lowest BCUT2D eigenvalue weighted by atomic mass is 10.1. The normalized spacial score (nSPS) is 9.89. The van der Waals surface area contributed by atoms with Crippen LogP contribution in [-0.4, -0.2) is 11.6 Å². The van der Waals surface area contributed by atoms with Gasteiger partial charge in [0.05, 0.1) is 18.0 Å². The molecule has 0 fully saturated rings. The van der Waals surface area contributed by atoms with Crippen molar-refractivity contribution in [3.8, 4) is 23.2 Å². The summed E-state index contributed by atoms with van der Waals surface area (Å²) in [5, 5.41) is 9.06. The maximum atomic E-state index is 9.06. The molecular formula is C14H14N4O. The Balaban J connectivity index is 2.53. The zero-order chi connectivity index (χ0) is 13.8. The van der Waals surface area contributed by atoms with E-state index in [4.69, 9.17) is 21.5 Å². The number of nitriles is 1. The molecule has 0 atom stereocenters. The molecule has 5 nitrogen and oxygen atoms in total. The van der Waals surface area contributed by atoms with Crippen molar-refractivity contribution in [2.75, 3.05) is 18.1 Å². The SMILES string of the molecule is CCOc1nc(-c2ccc(N)cc2)cc(N)c1C#N. The minimum atomic E-state index is 0.261. The zero-order valence-electron chi connectivity index (χ0n) is 10.6. The van der Waals surface area contributed by atoms with Crippen LogP contribution in [0.3, 0.4) is 0 Å². The van der Waals surface area contributed by atoms with Crippen LogP contribution in [0.1, 0.15) is 12.5 Å². The van der Waals surface area contributed by atoms with Gasteiger partial charge in [0.25, 0.3) is 0 Å². The molecule has 0 radical (unpaired) electrons. The molecule has 0 aliphatic rings. The monoisotopic (exact) mass is 254 g/mol. The van der Waals surface area contributed by atoms with Crippen molar-refractivity contribution < 1.29 is 4.74 Å². The second kappa shape index (κ2) is 5.27. The van der Waals surface area contributed by atoms with Crippen LogP contribution in [0.25, 0.3) is 11.3 Å². The molecule has 1 aromatic heterocycles. The number of hydrogen-bond acceptors (Lipinski definition) is 5. The minimum Gasteiger partial charge on any atom is -0.477 e. The summed E-state index contributed by atoms with van der Waals surface area (Å²) in [7, 11) is 0. The Morgan fingerprint density at radius 3 is 2.53 bits per heavy atom. The van der Waals surface area contributed by atoms with Gasteiger partial charge in [-0.05, 0) is 25.1 Å². The number of benzene rings is 1. The fourth-order valence-electron chi connectivity index (χ4n) is 1.70. The molecule has 2 aromatic rings. The van der Waals surface area contributed by atoms with Crippen molar-refractivity contribution in [2.24, 2.45) is 0 Å². The van der Waals surface area contributed by atoms with E-state index in [9.17, 15) is 0 Å². The highest BCUT2D eigenvalue weighted by Crippen LogP contribution is 2.28. The van der Waals surface area contributed by atoms with E-state index < -0.39 is 0 Å². The van der Waals surface area contributed by atoms with E-state index in [2.05, 4.69) is 4.98 Å². The van der Waals surface area contributed by atoms with Gasteiger partial charge < -0.3 is 16.2 Å². The molecule has 0 saturated carbocycles. The van der Waals surface area contributed by atoms with Crippen molar-refractivity contribution in [3.63, 3.8) is 0 Å². The molecular weight excluding hydrogens is 240 g/mol. The predicted molar refractivity (Wildman–Crippen MR) is 74.4 cm³/mol. The first-order chi connectivity index (χ1) is 9.15. The second-order valence-electron chi connectivity index (χ2n) is 3.94. The van der Waals surface area contributed by atoms with Gasteiger partial charge in [0.15, 0.2) is 0 Å². The Bertz CT molecular complexity index is 629. The van der Waals surface area contributed by atoms with E-state index in [1.54, 1.807) is 18.2 Å². The van der Waals surface area contributed by atoms with E-state index in [-0.39, 0.29) is 11.4 Å². The van der Waals surface area contributed by atoms with Crippen LogP contribution in [0, 0.1) is 11.3 Å². The third-order valence-electron chi connectivity index (χ3n) is 2.62. The maximum absolute atomic E-state index is 9.06. The third kappa shape index (κ3) is 2.58. The number of pyridine rings is 1. The second-order valence-corrected chi connectivity index (χ2v) is 3.94. The van der Waals surface area contributed by atoms with Crippen molar-refractivity contribution >= 4 is 11.4 Å². The fourth-order valence-corrected chi connectivity index (χ4v) is 1.70. The molecule has 0 unspecified atom stereocenters. The summed E-state index contributed by atoms with van der Waals surface area (Å²) in [5.41, 5.74) is 14.3. The van der Waals surface area contributed by atoms with Gasteiger partial charge in [0, 0.05) is 11.3 Å². The van der Waals surface area contributed by atoms with Crippen LogP contribution < -0.4 is 16.2 Å². The maximum Gasteiger partial charge on any atom is 0.234 e. The van der Waals surface area contributed by atoms with Gasteiger partial charge in [-0.2, -0.15) is 5.26 Å². The molecule has 1 heterocycles. The smallest absolute Gasteiger partial charge is 0.234 e. The summed E-state index contributed by atoms with van der Waals surface area (Å²) in [4.78, 5) is 4.33. The van der Waals surface area contributed by atoms with E-state index in [0.29, 0.717) is 23.7 Å². The molecule has 96 valence electrons. The van der Waals surface area contributed by atoms with Gasteiger partial charge >= 0.3 is 0 Å². The summed E-state index contributed by atoms with van der Waals surface area (Å²) < 4.78 is 5.36. The lowest BCUT2D eigenvalue weighted by Crippen LogP contribution is -2.02. The van der Waals surface area contributed by atoms with Gasteiger partial charge in [0.2, 0.25) is 5.88 Å². The molecule has 0 bridgehead atoms. The molecule has 0 aliphatic carbocycles. The summed E-state index contributed by atoms with van der Waals surface area (Å²) in [5.74, 6) is 0.261. The van der Waals surface area contributed by atoms with Crippen LogP contribution in [0.5, 0.6) is 5.88 Å². The van der Waals surface area contributed by atoms with Crippen LogP contribution in [0.15, 0.2) is 30.3 Å². The largest absolute Gasteiger partial charge is 0.477 e. The quantitative estimate of drug-likeness (QED) is 0.818. The Hall–Kier alpha value is -2.74. The summed E-state index contributed by atoms with van der Waals surface area (Å²) in [6, 6.07) is 10.9. The molecule has 5 heteroatoms. The first-order valence-electron chi connectivity index (χ1n) is 5.85. The molecule has 1 aromatic carbocycles. The third-order valence-corrected chi connectivity index (χ3v) is 2.62. The van der Waals surface area contributed by atoms with Crippen molar-refractivity contribution in [1.29, 1.82) is 5.26 Å². The van der Waals surface area contributed by atoms with Crippen LogP contribution >= 0.6 is 0 Å². The highest BCUT2D eigenvalue weighted by atomic mass is 16.5. The Morgan fingerprint density at radius 2 is 1.95 bits per heavy atom. The summed E-state index contributed by atoms with van der Waals surface area (Å²) >= 11 is 0. The van der Waals surface area contributed by atoms with Crippen molar-refractivity contribution in [2.45, 2.75) is 6.92 Å². The van der Waals surface area contributed by atoms with E-state index >= 15 is 0 Å². The van der Waals surface area contributed by atoms with Crippen LogP contribution in [0.2, 0.25) is 0 Å². The standard InChI is InChI=1S/C14H14N4O/c1-2-19-14-11(8-15)12(17)7-13(18-14)9-3-5-10(16)6-4-9/h3-7H,2,16H2,1H3,(H2,17,18). The van der Waals surface area contributed by atoms with E-state index in [0.717, 1.165) is 5.56 Å². The van der Waals surface area contributed by atoms with Crippen LogP contribution in [-0.2, 0) is 0 Å². The van der Waals surface area contributed by atoms with Gasteiger partial charge in [-0.3, -0.25) is 0 Å².